The second-order valence-electron chi connectivity index (χ2n) is 5.61. The molecule has 2 fully saturated rings. The molecule has 0 amide bonds. The van der Waals surface area contributed by atoms with Gasteiger partial charge in [-0.05, 0) is 25.7 Å². The van der Waals surface area contributed by atoms with E-state index in [0.717, 1.165) is 58.5 Å². The van der Waals surface area contributed by atoms with Crippen LogP contribution in [-0.2, 0) is 11.3 Å². The number of rotatable bonds is 3. The highest BCUT2D eigenvalue weighted by Gasteiger charge is 2.43. The van der Waals surface area contributed by atoms with Crippen molar-refractivity contribution in [2.24, 2.45) is 0 Å². The molecule has 3 heterocycles. The van der Waals surface area contributed by atoms with Gasteiger partial charge in [0.05, 0.1) is 11.7 Å². The molecule has 1 spiro atoms. The summed E-state index contributed by atoms with van der Waals surface area (Å²) in [6, 6.07) is 0. The third kappa shape index (κ3) is 2.80. The van der Waals surface area contributed by atoms with E-state index in [-0.39, 0.29) is 11.7 Å². The number of piperidine rings is 1. The lowest BCUT2D eigenvalue weighted by atomic mass is 9.82. The fourth-order valence-corrected chi connectivity index (χ4v) is 3.14. The molecule has 106 valence electrons. The van der Waals surface area contributed by atoms with E-state index in [2.05, 4.69) is 15.1 Å². The van der Waals surface area contributed by atoms with Crippen molar-refractivity contribution >= 4 is 0 Å². The Bertz CT molecular complexity index is 387. The zero-order chi connectivity index (χ0) is 13.1. The maximum Gasteiger partial charge on any atom is 0.119 e. The van der Waals surface area contributed by atoms with Crippen molar-refractivity contribution in [2.45, 2.75) is 43.9 Å². The van der Waals surface area contributed by atoms with Gasteiger partial charge in [0.15, 0.2) is 0 Å². The van der Waals surface area contributed by atoms with E-state index in [4.69, 9.17) is 4.74 Å². The van der Waals surface area contributed by atoms with Crippen molar-refractivity contribution in [2.75, 3.05) is 26.2 Å². The number of hydrogen-bond donors (Lipinski definition) is 1. The minimum absolute atomic E-state index is 0.259. The largest absolute Gasteiger partial charge is 0.390 e. The van der Waals surface area contributed by atoms with Crippen molar-refractivity contribution in [3.63, 3.8) is 0 Å². The van der Waals surface area contributed by atoms with E-state index in [1.54, 1.807) is 12.7 Å². The fraction of sp³-hybridized carbons (Fsp3) is 0.846. The summed E-state index contributed by atoms with van der Waals surface area (Å²) in [4.78, 5) is 2.43. The van der Waals surface area contributed by atoms with Gasteiger partial charge in [0.1, 0.15) is 12.7 Å². The Balaban J connectivity index is 1.49. The lowest BCUT2D eigenvalue weighted by molar-refractivity contribution is -0.176. The number of hydrogen-bond acceptors (Lipinski definition) is 5. The molecule has 1 atom stereocenters. The van der Waals surface area contributed by atoms with Gasteiger partial charge < -0.3 is 19.3 Å². The Morgan fingerprint density at radius 3 is 2.63 bits per heavy atom. The summed E-state index contributed by atoms with van der Waals surface area (Å²) >= 11 is 0. The van der Waals surface area contributed by atoms with Gasteiger partial charge in [-0.15, -0.1) is 10.2 Å². The average Bonchev–Trinajstić information content (AvgIpc) is 2.95. The molecule has 6 heteroatoms. The predicted octanol–water partition coefficient (Wildman–Crippen LogP) is 0.284. The lowest BCUT2D eigenvalue weighted by Crippen LogP contribution is -2.55. The molecule has 2 saturated heterocycles. The molecule has 0 unspecified atom stereocenters. The van der Waals surface area contributed by atoms with Crippen LogP contribution in [0.3, 0.4) is 0 Å². The summed E-state index contributed by atoms with van der Waals surface area (Å²) < 4.78 is 7.91. The molecule has 19 heavy (non-hydrogen) atoms. The van der Waals surface area contributed by atoms with Gasteiger partial charge in [-0.25, -0.2) is 0 Å². The normalized spacial score (nSPS) is 27.7. The Labute approximate surface area is 113 Å². The monoisotopic (exact) mass is 266 g/mol. The number of nitrogens with zero attached hydrogens (tertiary/aromatic N) is 4. The van der Waals surface area contributed by atoms with E-state index in [9.17, 15) is 5.11 Å². The number of aliphatic hydroxyl groups excluding tert-OH is 1. The molecule has 0 bridgehead atoms. The highest BCUT2D eigenvalue weighted by Crippen LogP contribution is 2.35. The molecular weight excluding hydrogens is 244 g/mol. The molecular formula is C13H22N4O2. The first-order valence-corrected chi connectivity index (χ1v) is 7.15. The zero-order valence-electron chi connectivity index (χ0n) is 11.2. The summed E-state index contributed by atoms with van der Waals surface area (Å²) in [7, 11) is 0. The third-order valence-electron chi connectivity index (χ3n) is 4.46. The van der Waals surface area contributed by atoms with Crippen LogP contribution < -0.4 is 0 Å². The SMILES string of the molecule is O[C@H]1CCCOC12CCN(CCn1cnnc1)CC2. The van der Waals surface area contributed by atoms with Gasteiger partial charge in [-0.2, -0.15) is 0 Å². The Morgan fingerprint density at radius 2 is 1.95 bits per heavy atom. The minimum Gasteiger partial charge on any atom is -0.390 e. The predicted molar refractivity (Wildman–Crippen MR) is 69.6 cm³/mol. The molecule has 6 nitrogen and oxygen atoms in total. The van der Waals surface area contributed by atoms with Crippen molar-refractivity contribution in [3.8, 4) is 0 Å². The Kier molecular flexibility index (Phi) is 3.81. The van der Waals surface area contributed by atoms with Crippen LogP contribution in [-0.4, -0.2) is 62.7 Å². The van der Waals surface area contributed by atoms with E-state index >= 15 is 0 Å². The Hall–Kier alpha value is -0.980. The molecule has 0 aromatic carbocycles. The van der Waals surface area contributed by atoms with Crippen LogP contribution >= 0.6 is 0 Å². The molecule has 2 aliphatic rings. The standard InChI is InChI=1S/C13H22N4O2/c18-12-2-1-9-19-13(12)3-5-16(6-4-13)7-8-17-10-14-15-11-17/h10-12,18H,1-9H2/t12-/m0/s1. The van der Waals surface area contributed by atoms with Gasteiger partial charge in [-0.3, -0.25) is 0 Å². The first-order chi connectivity index (χ1) is 9.28. The fourth-order valence-electron chi connectivity index (χ4n) is 3.14. The van der Waals surface area contributed by atoms with E-state index in [1.165, 1.54) is 0 Å². The van der Waals surface area contributed by atoms with E-state index in [1.807, 2.05) is 4.57 Å². The summed E-state index contributed by atoms with van der Waals surface area (Å²) in [6.45, 7) is 4.73. The molecule has 1 N–H and O–H groups in total. The number of ether oxygens (including phenoxy) is 1. The molecule has 0 radical (unpaired) electrons. The number of aliphatic hydroxyl groups is 1. The molecule has 0 saturated carbocycles. The summed E-state index contributed by atoms with van der Waals surface area (Å²) in [5, 5.41) is 17.8. The molecule has 2 aliphatic heterocycles. The van der Waals surface area contributed by atoms with Gasteiger partial charge in [0.2, 0.25) is 0 Å². The lowest BCUT2D eigenvalue weighted by Gasteiger charge is -2.46. The van der Waals surface area contributed by atoms with Crippen LogP contribution in [0.5, 0.6) is 0 Å². The van der Waals surface area contributed by atoms with Crippen molar-refractivity contribution in [1.29, 1.82) is 0 Å². The maximum atomic E-state index is 10.2. The highest BCUT2D eigenvalue weighted by atomic mass is 16.5. The van der Waals surface area contributed by atoms with Crippen molar-refractivity contribution < 1.29 is 9.84 Å². The minimum atomic E-state index is -0.277. The Morgan fingerprint density at radius 1 is 1.21 bits per heavy atom. The highest BCUT2D eigenvalue weighted by molar-refractivity contribution is 4.95. The molecule has 1 aromatic heterocycles. The topological polar surface area (TPSA) is 63.4 Å². The summed E-state index contributed by atoms with van der Waals surface area (Å²) in [5.41, 5.74) is -0.259. The van der Waals surface area contributed by atoms with Crippen LogP contribution in [0.15, 0.2) is 12.7 Å². The first-order valence-electron chi connectivity index (χ1n) is 7.15. The van der Waals surface area contributed by atoms with E-state index < -0.39 is 0 Å². The molecule has 3 rings (SSSR count). The maximum absolute atomic E-state index is 10.2. The second kappa shape index (κ2) is 5.56. The molecule has 1 aromatic rings. The van der Waals surface area contributed by atoms with Crippen LogP contribution in [0.4, 0.5) is 0 Å². The number of likely N-dealkylation sites (tertiary alicyclic amines) is 1. The smallest absolute Gasteiger partial charge is 0.119 e. The van der Waals surface area contributed by atoms with Crippen LogP contribution in [0.25, 0.3) is 0 Å². The quantitative estimate of drug-likeness (QED) is 0.851. The first kappa shape index (κ1) is 13.0. The molecule has 0 aliphatic carbocycles. The van der Waals surface area contributed by atoms with Gasteiger partial charge >= 0.3 is 0 Å². The zero-order valence-corrected chi connectivity index (χ0v) is 11.2. The number of aromatic nitrogens is 3. The average molecular weight is 266 g/mol. The van der Waals surface area contributed by atoms with Gasteiger partial charge in [-0.1, -0.05) is 0 Å². The van der Waals surface area contributed by atoms with Crippen LogP contribution in [0.1, 0.15) is 25.7 Å². The van der Waals surface area contributed by atoms with E-state index in [0.29, 0.717) is 0 Å². The van der Waals surface area contributed by atoms with Crippen LogP contribution in [0, 0.1) is 0 Å². The third-order valence-corrected chi connectivity index (χ3v) is 4.46. The van der Waals surface area contributed by atoms with Crippen LogP contribution in [0.2, 0.25) is 0 Å². The summed E-state index contributed by atoms with van der Waals surface area (Å²) in [5.74, 6) is 0. The summed E-state index contributed by atoms with van der Waals surface area (Å²) in [6.07, 6.45) is 6.98. The van der Waals surface area contributed by atoms with Gasteiger partial charge in [0.25, 0.3) is 0 Å². The van der Waals surface area contributed by atoms with Gasteiger partial charge in [0, 0.05) is 32.8 Å². The second-order valence-corrected chi connectivity index (χ2v) is 5.61. The van der Waals surface area contributed by atoms with Crippen molar-refractivity contribution in [1.82, 2.24) is 19.7 Å². The van der Waals surface area contributed by atoms with Crippen molar-refractivity contribution in [3.05, 3.63) is 12.7 Å².